The van der Waals surface area contributed by atoms with Crippen molar-refractivity contribution in [1.82, 2.24) is 19.7 Å². The lowest BCUT2D eigenvalue weighted by molar-refractivity contribution is 0.268. The van der Waals surface area contributed by atoms with Crippen LogP contribution in [0.1, 0.15) is 5.82 Å². The Morgan fingerprint density at radius 2 is 2.08 bits per heavy atom. The summed E-state index contributed by atoms with van der Waals surface area (Å²) in [6, 6.07) is 3.60. The lowest BCUT2D eigenvalue weighted by Gasteiger charge is -2.01. The topological polar surface area (TPSA) is 63.8 Å². The molecular weight excluding hydrogens is 168 g/mol. The number of nitrogens with zero attached hydrogens (tertiary/aromatic N) is 4. The Kier molecular flexibility index (Phi) is 2.01. The molecule has 0 saturated heterocycles. The molecule has 2 aromatic rings. The lowest BCUT2D eigenvalue weighted by Crippen LogP contribution is -2.02. The summed E-state index contributed by atoms with van der Waals surface area (Å²) in [6.45, 7) is -0.123. The van der Waals surface area contributed by atoms with E-state index in [1.165, 1.54) is 6.33 Å². The van der Waals surface area contributed by atoms with Crippen LogP contribution >= 0.6 is 0 Å². The van der Waals surface area contributed by atoms with Gasteiger partial charge in [-0.05, 0) is 12.1 Å². The predicted octanol–water partition coefficient (Wildman–Crippen LogP) is 0.155. The van der Waals surface area contributed by atoms with Gasteiger partial charge in [-0.3, -0.25) is 4.98 Å². The Morgan fingerprint density at radius 3 is 2.77 bits per heavy atom. The SMILES string of the molecule is OCc1ncnn1-c1ccncc1. The smallest absolute Gasteiger partial charge is 0.157 e. The number of aliphatic hydroxyl groups excluding tert-OH is 1. The summed E-state index contributed by atoms with van der Waals surface area (Å²) in [5.74, 6) is 0.520. The zero-order valence-corrected chi connectivity index (χ0v) is 6.83. The van der Waals surface area contributed by atoms with Crippen molar-refractivity contribution in [2.24, 2.45) is 0 Å². The van der Waals surface area contributed by atoms with Gasteiger partial charge in [-0.15, -0.1) is 0 Å². The Labute approximate surface area is 74.7 Å². The molecule has 66 valence electrons. The summed E-state index contributed by atoms with van der Waals surface area (Å²) in [6.07, 6.45) is 4.74. The van der Waals surface area contributed by atoms with Gasteiger partial charge in [0.15, 0.2) is 5.82 Å². The molecule has 0 bridgehead atoms. The molecule has 0 aliphatic carbocycles. The molecule has 5 heteroatoms. The van der Waals surface area contributed by atoms with E-state index >= 15 is 0 Å². The second-order valence-corrected chi connectivity index (χ2v) is 2.45. The third-order valence-electron chi connectivity index (χ3n) is 1.67. The molecule has 0 aromatic carbocycles. The van der Waals surface area contributed by atoms with Crippen molar-refractivity contribution in [2.45, 2.75) is 6.61 Å². The van der Waals surface area contributed by atoms with E-state index in [1.54, 1.807) is 29.2 Å². The number of rotatable bonds is 2. The first-order valence-electron chi connectivity index (χ1n) is 3.82. The van der Waals surface area contributed by atoms with Crippen LogP contribution in [0.4, 0.5) is 0 Å². The largest absolute Gasteiger partial charge is 0.388 e. The minimum absolute atomic E-state index is 0.123. The van der Waals surface area contributed by atoms with E-state index in [-0.39, 0.29) is 6.61 Å². The van der Waals surface area contributed by atoms with Crippen molar-refractivity contribution < 1.29 is 5.11 Å². The van der Waals surface area contributed by atoms with Crippen molar-refractivity contribution in [3.63, 3.8) is 0 Å². The number of aromatic nitrogens is 4. The number of pyridine rings is 1. The van der Waals surface area contributed by atoms with E-state index < -0.39 is 0 Å². The van der Waals surface area contributed by atoms with E-state index in [4.69, 9.17) is 5.11 Å². The van der Waals surface area contributed by atoms with Crippen LogP contribution in [0.3, 0.4) is 0 Å². The Morgan fingerprint density at radius 1 is 1.31 bits per heavy atom. The normalized spacial score (nSPS) is 10.2. The van der Waals surface area contributed by atoms with Gasteiger partial charge in [0, 0.05) is 12.4 Å². The molecule has 5 nitrogen and oxygen atoms in total. The second kappa shape index (κ2) is 3.32. The Balaban J connectivity index is 2.47. The molecule has 2 rings (SSSR count). The highest BCUT2D eigenvalue weighted by Crippen LogP contribution is 2.05. The molecule has 13 heavy (non-hydrogen) atoms. The average molecular weight is 176 g/mol. The van der Waals surface area contributed by atoms with Gasteiger partial charge in [-0.25, -0.2) is 9.67 Å². The summed E-state index contributed by atoms with van der Waals surface area (Å²) in [5.41, 5.74) is 0.844. The van der Waals surface area contributed by atoms with E-state index in [9.17, 15) is 0 Å². The van der Waals surface area contributed by atoms with Crippen molar-refractivity contribution in [3.8, 4) is 5.69 Å². The Bertz CT molecular complexity index is 384. The molecule has 0 fully saturated rings. The summed E-state index contributed by atoms with van der Waals surface area (Å²) < 4.78 is 1.57. The van der Waals surface area contributed by atoms with Gasteiger partial charge in [0.2, 0.25) is 0 Å². The van der Waals surface area contributed by atoms with Crippen LogP contribution in [0, 0.1) is 0 Å². The van der Waals surface area contributed by atoms with Gasteiger partial charge in [0.25, 0.3) is 0 Å². The maximum Gasteiger partial charge on any atom is 0.157 e. The van der Waals surface area contributed by atoms with Gasteiger partial charge in [0.1, 0.15) is 12.9 Å². The first-order valence-corrected chi connectivity index (χ1v) is 3.82. The van der Waals surface area contributed by atoms with E-state index in [0.717, 1.165) is 5.69 Å². The summed E-state index contributed by atoms with van der Waals surface area (Å²) >= 11 is 0. The zero-order chi connectivity index (χ0) is 9.10. The molecule has 1 N–H and O–H groups in total. The molecule has 2 aromatic heterocycles. The van der Waals surface area contributed by atoms with E-state index in [2.05, 4.69) is 15.1 Å². The standard InChI is InChI=1S/C8H8N4O/c13-5-8-10-6-11-12(8)7-1-3-9-4-2-7/h1-4,6,13H,5H2. The molecular formula is C8H8N4O. The van der Waals surface area contributed by atoms with Crippen LogP contribution < -0.4 is 0 Å². The third kappa shape index (κ3) is 1.41. The van der Waals surface area contributed by atoms with Crippen LogP contribution in [-0.4, -0.2) is 24.9 Å². The molecule has 0 unspecified atom stereocenters. The Hall–Kier alpha value is -1.75. The number of hydrogen-bond acceptors (Lipinski definition) is 4. The number of aliphatic hydroxyl groups is 1. The first kappa shape index (κ1) is 7.88. The summed E-state index contributed by atoms with van der Waals surface area (Å²) in [4.78, 5) is 7.78. The van der Waals surface area contributed by atoms with Crippen molar-refractivity contribution in [1.29, 1.82) is 0 Å². The highest BCUT2D eigenvalue weighted by molar-refractivity contribution is 5.27. The van der Waals surface area contributed by atoms with Gasteiger partial charge in [-0.2, -0.15) is 5.10 Å². The highest BCUT2D eigenvalue weighted by Gasteiger charge is 2.03. The van der Waals surface area contributed by atoms with Crippen LogP contribution in [0.2, 0.25) is 0 Å². The molecule has 0 amide bonds. The zero-order valence-electron chi connectivity index (χ0n) is 6.83. The quantitative estimate of drug-likeness (QED) is 0.707. The van der Waals surface area contributed by atoms with Gasteiger partial charge in [0.05, 0.1) is 5.69 Å². The maximum atomic E-state index is 8.93. The van der Waals surface area contributed by atoms with E-state index in [0.29, 0.717) is 5.82 Å². The molecule has 0 saturated carbocycles. The van der Waals surface area contributed by atoms with Gasteiger partial charge in [-0.1, -0.05) is 0 Å². The monoisotopic (exact) mass is 176 g/mol. The summed E-state index contributed by atoms with van der Waals surface area (Å²) in [5, 5.41) is 12.9. The molecule has 0 aliphatic rings. The molecule has 0 atom stereocenters. The second-order valence-electron chi connectivity index (χ2n) is 2.45. The summed E-state index contributed by atoms with van der Waals surface area (Å²) in [7, 11) is 0. The average Bonchev–Trinajstić information content (AvgIpc) is 2.67. The van der Waals surface area contributed by atoms with Crippen LogP contribution in [0.5, 0.6) is 0 Å². The number of hydrogen-bond donors (Lipinski definition) is 1. The molecule has 0 spiro atoms. The minimum atomic E-state index is -0.123. The fraction of sp³-hybridized carbons (Fsp3) is 0.125. The molecule has 0 aliphatic heterocycles. The van der Waals surface area contributed by atoms with Crippen molar-refractivity contribution in [3.05, 3.63) is 36.7 Å². The highest BCUT2D eigenvalue weighted by atomic mass is 16.3. The third-order valence-corrected chi connectivity index (χ3v) is 1.67. The molecule has 0 radical (unpaired) electrons. The maximum absolute atomic E-state index is 8.93. The van der Waals surface area contributed by atoms with Crippen LogP contribution in [0.15, 0.2) is 30.9 Å². The van der Waals surface area contributed by atoms with Crippen molar-refractivity contribution in [2.75, 3.05) is 0 Å². The van der Waals surface area contributed by atoms with Gasteiger partial charge < -0.3 is 5.11 Å². The van der Waals surface area contributed by atoms with Crippen molar-refractivity contribution >= 4 is 0 Å². The molecule has 2 heterocycles. The van der Waals surface area contributed by atoms with E-state index in [1.807, 2.05) is 0 Å². The van der Waals surface area contributed by atoms with Crippen LogP contribution in [0.25, 0.3) is 5.69 Å². The minimum Gasteiger partial charge on any atom is -0.388 e. The fourth-order valence-corrected chi connectivity index (χ4v) is 1.07. The van der Waals surface area contributed by atoms with Crippen LogP contribution in [-0.2, 0) is 6.61 Å². The fourth-order valence-electron chi connectivity index (χ4n) is 1.07. The van der Waals surface area contributed by atoms with Gasteiger partial charge >= 0.3 is 0 Å². The first-order chi connectivity index (χ1) is 6.42. The predicted molar refractivity (Wildman–Crippen MR) is 45.1 cm³/mol. The lowest BCUT2D eigenvalue weighted by atomic mass is 10.4.